The van der Waals surface area contributed by atoms with E-state index >= 15 is 0 Å². The summed E-state index contributed by atoms with van der Waals surface area (Å²) in [7, 11) is 0. The number of rotatable bonds is 3. The van der Waals surface area contributed by atoms with Crippen LogP contribution in [0.25, 0.3) is 0 Å². The van der Waals surface area contributed by atoms with Crippen molar-refractivity contribution in [2.75, 3.05) is 5.32 Å². The Balaban J connectivity index is 2.12. The summed E-state index contributed by atoms with van der Waals surface area (Å²) < 4.78 is 50.7. The molecule has 0 aliphatic heterocycles. The molecule has 0 amide bonds. The van der Waals surface area contributed by atoms with E-state index in [4.69, 9.17) is 0 Å². The van der Waals surface area contributed by atoms with Crippen LogP contribution in [0.1, 0.15) is 16.7 Å². The van der Waals surface area contributed by atoms with Crippen LogP contribution in [0.5, 0.6) is 0 Å². The second-order valence-electron chi connectivity index (χ2n) is 4.13. The van der Waals surface area contributed by atoms with Crippen molar-refractivity contribution in [3.63, 3.8) is 0 Å². The van der Waals surface area contributed by atoms with E-state index in [-0.39, 0.29) is 5.69 Å². The predicted octanol–water partition coefficient (Wildman–Crippen LogP) is 4.83. The zero-order chi connectivity index (χ0) is 14.0. The Morgan fingerprint density at radius 2 is 1.95 bits per heavy atom. The Labute approximate surface area is 111 Å². The molecule has 19 heavy (non-hydrogen) atoms. The first-order valence-electron chi connectivity index (χ1n) is 5.50. The molecule has 0 aliphatic rings. The number of benzene rings is 1. The van der Waals surface area contributed by atoms with Gasteiger partial charge in [0.05, 0.1) is 11.3 Å². The Bertz CT molecular complexity index is 574. The minimum atomic E-state index is -4.52. The van der Waals surface area contributed by atoms with Gasteiger partial charge in [-0.05, 0) is 47.0 Å². The highest BCUT2D eigenvalue weighted by molar-refractivity contribution is 7.08. The molecule has 0 saturated heterocycles. The minimum Gasteiger partial charge on any atom is -0.379 e. The molecule has 102 valence electrons. The molecule has 0 saturated carbocycles. The number of anilines is 1. The van der Waals surface area contributed by atoms with Gasteiger partial charge in [-0.15, -0.1) is 0 Å². The van der Waals surface area contributed by atoms with Gasteiger partial charge in [0.1, 0.15) is 5.82 Å². The van der Waals surface area contributed by atoms with Crippen molar-refractivity contribution in [3.8, 4) is 0 Å². The average Bonchev–Trinajstić information content (AvgIpc) is 2.72. The lowest BCUT2D eigenvalue weighted by Crippen LogP contribution is -2.07. The molecule has 1 nitrogen and oxygen atoms in total. The summed E-state index contributed by atoms with van der Waals surface area (Å²) in [5.74, 6) is -0.900. The second kappa shape index (κ2) is 5.21. The van der Waals surface area contributed by atoms with Gasteiger partial charge < -0.3 is 5.32 Å². The van der Waals surface area contributed by atoms with Crippen LogP contribution in [0.3, 0.4) is 0 Å². The first kappa shape index (κ1) is 13.9. The minimum absolute atomic E-state index is 0.0681. The maximum Gasteiger partial charge on any atom is 0.416 e. The van der Waals surface area contributed by atoms with E-state index in [1.165, 1.54) is 11.3 Å². The molecule has 0 aliphatic carbocycles. The maximum atomic E-state index is 13.5. The van der Waals surface area contributed by atoms with Gasteiger partial charge in [-0.25, -0.2) is 4.39 Å². The first-order valence-corrected chi connectivity index (χ1v) is 6.44. The highest BCUT2D eigenvalue weighted by atomic mass is 32.1. The number of hydrogen-bond acceptors (Lipinski definition) is 2. The molecule has 2 aromatic rings. The third-order valence-electron chi connectivity index (χ3n) is 2.73. The van der Waals surface area contributed by atoms with Crippen LogP contribution in [0.15, 0.2) is 29.0 Å². The van der Waals surface area contributed by atoms with Gasteiger partial charge in [0.15, 0.2) is 0 Å². The summed E-state index contributed by atoms with van der Waals surface area (Å²) in [6, 6.07) is 2.48. The zero-order valence-corrected chi connectivity index (χ0v) is 10.8. The molecule has 1 aromatic heterocycles. The molecule has 2 rings (SSSR count). The first-order chi connectivity index (χ1) is 8.88. The van der Waals surface area contributed by atoms with Gasteiger partial charge in [-0.2, -0.15) is 24.5 Å². The molecular formula is C13H11F4NS. The Morgan fingerprint density at radius 1 is 1.21 bits per heavy atom. The van der Waals surface area contributed by atoms with E-state index in [2.05, 4.69) is 5.32 Å². The van der Waals surface area contributed by atoms with Crippen LogP contribution < -0.4 is 5.32 Å². The van der Waals surface area contributed by atoms with Crippen molar-refractivity contribution >= 4 is 17.0 Å². The molecule has 0 radical (unpaired) electrons. The van der Waals surface area contributed by atoms with Crippen LogP contribution >= 0.6 is 11.3 Å². The smallest absolute Gasteiger partial charge is 0.379 e. The Morgan fingerprint density at radius 3 is 2.47 bits per heavy atom. The third-order valence-corrected chi connectivity index (χ3v) is 3.64. The van der Waals surface area contributed by atoms with Crippen molar-refractivity contribution in [2.45, 2.75) is 19.6 Å². The van der Waals surface area contributed by atoms with Crippen molar-refractivity contribution < 1.29 is 17.6 Å². The topological polar surface area (TPSA) is 12.0 Å². The molecule has 1 N–H and O–H groups in total. The summed E-state index contributed by atoms with van der Waals surface area (Å²) >= 11 is 1.53. The molecule has 0 fully saturated rings. The van der Waals surface area contributed by atoms with E-state index in [0.717, 1.165) is 23.3 Å². The molecule has 0 unspecified atom stereocenters. The fraction of sp³-hybridized carbons (Fsp3) is 0.231. The van der Waals surface area contributed by atoms with Gasteiger partial charge in [0, 0.05) is 6.54 Å². The Hall–Kier alpha value is -1.56. The zero-order valence-electron chi connectivity index (χ0n) is 10.0. The normalized spacial score (nSPS) is 11.6. The van der Waals surface area contributed by atoms with E-state index in [1.54, 1.807) is 0 Å². The number of halogens is 4. The number of nitrogens with one attached hydrogen (secondary N) is 1. The standard InChI is InChI=1S/C13H11F4NS/c1-8-6-19-7-9(8)5-18-12-3-2-10(4-11(12)14)13(15,16)17/h2-4,6-7,18H,5H2,1H3. The number of aryl methyl sites for hydroxylation is 1. The fourth-order valence-corrected chi connectivity index (χ4v) is 2.45. The molecular weight excluding hydrogens is 278 g/mol. The number of hydrogen-bond donors (Lipinski definition) is 1. The maximum absolute atomic E-state index is 13.5. The molecule has 6 heteroatoms. The lowest BCUT2D eigenvalue weighted by atomic mass is 10.1. The van der Waals surface area contributed by atoms with Gasteiger partial charge >= 0.3 is 6.18 Å². The predicted molar refractivity (Wildman–Crippen MR) is 67.8 cm³/mol. The van der Waals surface area contributed by atoms with Gasteiger partial charge in [-0.1, -0.05) is 0 Å². The van der Waals surface area contributed by atoms with Crippen molar-refractivity contribution in [2.24, 2.45) is 0 Å². The van der Waals surface area contributed by atoms with Crippen LogP contribution in [0.4, 0.5) is 23.2 Å². The summed E-state index contributed by atoms with van der Waals surface area (Å²) in [6.07, 6.45) is -4.52. The van der Waals surface area contributed by atoms with Crippen LogP contribution in [-0.4, -0.2) is 0 Å². The second-order valence-corrected chi connectivity index (χ2v) is 4.87. The van der Waals surface area contributed by atoms with E-state index in [0.29, 0.717) is 12.6 Å². The summed E-state index contributed by atoms with van der Waals surface area (Å²) in [5, 5.41) is 6.68. The van der Waals surface area contributed by atoms with Gasteiger partial charge in [-0.3, -0.25) is 0 Å². The van der Waals surface area contributed by atoms with E-state index < -0.39 is 17.6 Å². The van der Waals surface area contributed by atoms with Crippen LogP contribution in [0.2, 0.25) is 0 Å². The Kier molecular flexibility index (Phi) is 3.80. The SMILES string of the molecule is Cc1cscc1CNc1ccc(C(F)(F)F)cc1F. The molecule has 0 spiro atoms. The average molecular weight is 289 g/mol. The molecule has 1 heterocycles. The van der Waals surface area contributed by atoms with Crippen LogP contribution in [-0.2, 0) is 12.7 Å². The van der Waals surface area contributed by atoms with Gasteiger partial charge in [0.25, 0.3) is 0 Å². The molecule has 0 bridgehead atoms. The molecule has 1 aromatic carbocycles. The quantitative estimate of drug-likeness (QED) is 0.798. The van der Waals surface area contributed by atoms with E-state index in [9.17, 15) is 17.6 Å². The van der Waals surface area contributed by atoms with Crippen LogP contribution in [0, 0.1) is 12.7 Å². The largest absolute Gasteiger partial charge is 0.416 e. The van der Waals surface area contributed by atoms with Crippen molar-refractivity contribution in [1.82, 2.24) is 0 Å². The summed E-state index contributed by atoms with van der Waals surface area (Å²) in [6.45, 7) is 2.31. The third kappa shape index (κ3) is 3.26. The highest BCUT2D eigenvalue weighted by Gasteiger charge is 2.31. The number of alkyl halides is 3. The highest BCUT2D eigenvalue weighted by Crippen LogP contribution is 2.31. The molecule has 0 atom stereocenters. The van der Waals surface area contributed by atoms with Crippen molar-refractivity contribution in [3.05, 3.63) is 51.5 Å². The van der Waals surface area contributed by atoms with Gasteiger partial charge in [0.2, 0.25) is 0 Å². The fourth-order valence-electron chi connectivity index (χ4n) is 1.59. The lowest BCUT2D eigenvalue weighted by Gasteiger charge is -2.11. The summed E-state index contributed by atoms with van der Waals surface area (Å²) in [5.41, 5.74) is 1.16. The van der Waals surface area contributed by atoms with E-state index in [1.807, 2.05) is 17.7 Å². The monoisotopic (exact) mass is 289 g/mol. The van der Waals surface area contributed by atoms with Crippen molar-refractivity contribution in [1.29, 1.82) is 0 Å². The lowest BCUT2D eigenvalue weighted by molar-refractivity contribution is -0.137. The number of thiophene rings is 1. The summed E-state index contributed by atoms with van der Waals surface area (Å²) in [4.78, 5) is 0.